The Kier molecular flexibility index (Phi) is 7.86. The van der Waals surface area contributed by atoms with Crippen LogP contribution in [0.1, 0.15) is 0 Å². The molecule has 1 unspecified atom stereocenters. The number of carboxylic acid groups (broad SMARTS) is 1. The number of alkyl halides is 1. The molecule has 0 saturated carbocycles. The smallest absolute Gasteiger partial charge is 0.450 e. The zero-order valence-corrected chi connectivity index (χ0v) is 9.80. The highest BCUT2D eigenvalue weighted by Gasteiger charge is 2.21. The van der Waals surface area contributed by atoms with E-state index < -0.39 is 6.16 Å². The van der Waals surface area contributed by atoms with E-state index >= 15 is 0 Å². The molecule has 0 amide bonds. The van der Waals surface area contributed by atoms with Gasteiger partial charge in [0.1, 0.15) is 6.61 Å². The molecule has 1 saturated heterocycles. The molecule has 5 nitrogen and oxygen atoms in total. The van der Waals surface area contributed by atoms with E-state index in [9.17, 15) is 4.79 Å². The molecule has 0 aromatic heterocycles. The van der Waals surface area contributed by atoms with E-state index in [1.165, 1.54) is 0 Å². The summed E-state index contributed by atoms with van der Waals surface area (Å²) < 4.78 is 9.68. The summed E-state index contributed by atoms with van der Waals surface area (Å²) in [5.74, 6) is 0.368. The molecule has 0 bridgehead atoms. The Labute approximate surface area is 99.7 Å². The van der Waals surface area contributed by atoms with Crippen LogP contribution in [0.25, 0.3) is 0 Å². The number of carbonyl (C=O) groups is 1. The molecule has 1 aliphatic rings. The summed E-state index contributed by atoms with van der Waals surface area (Å²) in [6, 6.07) is -0.0448. The van der Waals surface area contributed by atoms with E-state index in [4.69, 9.17) is 21.4 Å². The van der Waals surface area contributed by atoms with Gasteiger partial charge in [-0.25, -0.2) is 4.79 Å². The van der Waals surface area contributed by atoms with Crippen LogP contribution in [-0.2, 0) is 9.47 Å². The van der Waals surface area contributed by atoms with Crippen LogP contribution in [0.15, 0.2) is 0 Å². The number of ether oxygens (including phenoxy) is 2. The lowest BCUT2D eigenvalue weighted by Gasteiger charge is -2.32. The van der Waals surface area contributed by atoms with Gasteiger partial charge in [0.05, 0.1) is 19.3 Å². The second kappa shape index (κ2) is 7.98. The third-order valence-electron chi connectivity index (χ3n) is 2.14. The van der Waals surface area contributed by atoms with Gasteiger partial charge in [0.15, 0.2) is 0 Å². The lowest BCUT2D eigenvalue weighted by Crippen LogP contribution is -2.46. The average molecular weight is 260 g/mol. The van der Waals surface area contributed by atoms with Crippen LogP contribution in [0.5, 0.6) is 0 Å². The number of hydrogen-bond donors (Lipinski definition) is 1. The molecule has 1 atom stereocenters. The molecule has 15 heavy (non-hydrogen) atoms. The van der Waals surface area contributed by atoms with Crippen LogP contribution in [0, 0.1) is 0 Å². The van der Waals surface area contributed by atoms with Gasteiger partial charge in [-0.15, -0.1) is 24.0 Å². The molecule has 0 aromatic carbocycles. The summed E-state index contributed by atoms with van der Waals surface area (Å²) in [5, 5.41) is 8.35. The van der Waals surface area contributed by atoms with Gasteiger partial charge in [-0.05, 0) is 0 Å². The van der Waals surface area contributed by atoms with Gasteiger partial charge in [-0.2, -0.15) is 0 Å². The van der Waals surface area contributed by atoms with Crippen molar-refractivity contribution in [2.75, 3.05) is 38.8 Å². The Morgan fingerprint density at radius 2 is 2.13 bits per heavy atom. The number of rotatable bonds is 4. The van der Waals surface area contributed by atoms with Crippen molar-refractivity contribution in [2.24, 2.45) is 0 Å². The van der Waals surface area contributed by atoms with Crippen LogP contribution >= 0.6 is 24.0 Å². The van der Waals surface area contributed by atoms with E-state index in [0.717, 1.165) is 13.1 Å². The van der Waals surface area contributed by atoms with Crippen molar-refractivity contribution in [3.8, 4) is 0 Å². The first-order chi connectivity index (χ1) is 6.74. The Balaban J connectivity index is 0.00000196. The van der Waals surface area contributed by atoms with Crippen molar-refractivity contribution in [1.29, 1.82) is 0 Å². The fourth-order valence-corrected chi connectivity index (χ4v) is 1.64. The number of morpholine rings is 1. The quantitative estimate of drug-likeness (QED) is 0.604. The highest BCUT2D eigenvalue weighted by molar-refractivity contribution is 6.18. The van der Waals surface area contributed by atoms with Crippen LogP contribution in [0.4, 0.5) is 4.79 Å². The predicted molar refractivity (Wildman–Crippen MR) is 58.1 cm³/mol. The number of nitrogens with zero attached hydrogens (tertiary/aromatic N) is 1. The summed E-state index contributed by atoms with van der Waals surface area (Å²) in [6.07, 6.45) is -1.26. The minimum Gasteiger partial charge on any atom is -0.450 e. The molecule has 0 radical (unpaired) electrons. The van der Waals surface area contributed by atoms with Crippen molar-refractivity contribution >= 4 is 30.2 Å². The fraction of sp³-hybridized carbons (Fsp3) is 0.875. The number of halogens is 2. The molecular formula is C8H15Cl2NO4. The van der Waals surface area contributed by atoms with Gasteiger partial charge in [-0.1, -0.05) is 0 Å². The Morgan fingerprint density at radius 3 is 2.60 bits per heavy atom. The topological polar surface area (TPSA) is 59.0 Å². The maximum Gasteiger partial charge on any atom is 0.505 e. The third-order valence-corrected chi connectivity index (χ3v) is 2.50. The van der Waals surface area contributed by atoms with Crippen molar-refractivity contribution in [2.45, 2.75) is 6.04 Å². The summed E-state index contributed by atoms with van der Waals surface area (Å²) in [6.45, 7) is 3.01. The first-order valence-corrected chi connectivity index (χ1v) is 5.01. The summed E-state index contributed by atoms with van der Waals surface area (Å²) in [5.41, 5.74) is 0. The molecule has 0 spiro atoms. The highest BCUT2D eigenvalue weighted by Crippen LogP contribution is 2.06. The van der Waals surface area contributed by atoms with E-state index in [1.54, 1.807) is 0 Å². The maximum absolute atomic E-state index is 10.2. The first kappa shape index (κ1) is 14.8. The van der Waals surface area contributed by atoms with Crippen molar-refractivity contribution in [3.05, 3.63) is 0 Å². The minimum atomic E-state index is -1.26. The summed E-state index contributed by atoms with van der Waals surface area (Å²) in [4.78, 5) is 12.3. The molecule has 1 heterocycles. The highest BCUT2D eigenvalue weighted by atomic mass is 35.5. The predicted octanol–water partition coefficient (Wildman–Crippen LogP) is 1.04. The lowest BCUT2D eigenvalue weighted by atomic mass is 10.3. The monoisotopic (exact) mass is 259 g/mol. The Bertz CT molecular complexity index is 187. The Morgan fingerprint density at radius 1 is 1.53 bits per heavy atom. The van der Waals surface area contributed by atoms with Gasteiger partial charge < -0.3 is 14.6 Å². The normalized spacial score (nSPS) is 19.0. The molecule has 1 rings (SSSR count). The SMILES string of the molecule is Cl.O=C(O)OCC(CCl)N1CCOCC1. The fourth-order valence-electron chi connectivity index (χ4n) is 1.36. The molecule has 1 aliphatic heterocycles. The van der Waals surface area contributed by atoms with Crippen LogP contribution in [0.3, 0.4) is 0 Å². The van der Waals surface area contributed by atoms with Crippen LogP contribution < -0.4 is 0 Å². The largest absolute Gasteiger partial charge is 0.505 e. The average Bonchev–Trinajstić information content (AvgIpc) is 2.20. The van der Waals surface area contributed by atoms with Gasteiger partial charge in [-0.3, -0.25) is 4.90 Å². The zero-order chi connectivity index (χ0) is 10.4. The summed E-state index contributed by atoms with van der Waals surface area (Å²) in [7, 11) is 0. The maximum atomic E-state index is 10.2. The van der Waals surface area contributed by atoms with E-state index in [2.05, 4.69) is 9.64 Å². The summed E-state index contributed by atoms with van der Waals surface area (Å²) >= 11 is 5.73. The molecule has 7 heteroatoms. The lowest BCUT2D eigenvalue weighted by molar-refractivity contribution is 0.0000889. The Hall–Kier alpha value is -0.230. The minimum absolute atomic E-state index is 0. The van der Waals surface area contributed by atoms with Gasteiger partial charge in [0, 0.05) is 19.0 Å². The molecule has 0 aliphatic carbocycles. The van der Waals surface area contributed by atoms with Crippen molar-refractivity contribution < 1.29 is 19.4 Å². The van der Waals surface area contributed by atoms with E-state index in [0.29, 0.717) is 19.1 Å². The van der Waals surface area contributed by atoms with Crippen LogP contribution in [-0.4, -0.2) is 61.0 Å². The van der Waals surface area contributed by atoms with Gasteiger partial charge in [0.25, 0.3) is 0 Å². The molecule has 90 valence electrons. The first-order valence-electron chi connectivity index (χ1n) is 4.47. The van der Waals surface area contributed by atoms with E-state index in [-0.39, 0.29) is 25.1 Å². The van der Waals surface area contributed by atoms with Crippen LogP contribution in [0.2, 0.25) is 0 Å². The zero-order valence-electron chi connectivity index (χ0n) is 8.23. The molecule has 1 fully saturated rings. The second-order valence-electron chi connectivity index (χ2n) is 3.03. The van der Waals surface area contributed by atoms with Crippen molar-refractivity contribution in [3.63, 3.8) is 0 Å². The second-order valence-corrected chi connectivity index (χ2v) is 3.34. The van der Waals surface area contributed by atoms with E-state index in [1.807, 2.05) is 0 Å². The standard InChI is InChI=1S/C8H14ClNO4.ClH/c9-5-7(6-14-8(11)12)10-1-3-13-4-2-10;/h7H,1-6H2,(H,11,12);1H. The molecule has 0 aromatic rings. The molecule has 1 N–H and O–H groups in total. The van der Waals surface area contributed by atoms with Gasteiger partial charge in [0.2, 0.25) is 0 Å². The van der Waals surface area contributed by atoms with Gasteiger partial charge >= 0.3 is 6.16 Å². The number of hydrogen-bond acceptors (Lipinski definition) is 4. The van der Waals surface area contributed by atoms with Crippen molar-refractivity contribution in [1.82, 2.24) is 4.90 Å². The molecular weight excluding hydrogens is 245 g/mol. The third kappa shape index (κ3) is 5.41.